The number of rotatable bonds is 1. The summed E-state index contributed by atoms with van der Waals surface area (Å²) in [6, 6.07) is 5.67. The molecule has 3 rings (SSSR count). The van der Waals surface area contributed by atoms with Gasteiger partial charge in [-0.15, -0.1) is 0 Å². The Kier molecular flexibility index (Phi) is 3.73. The van der Waals surface area contributed by atoms with Gasteiger partial charge < -0.3 is 14.5 Å². The Bertz CT molecular complexity index is 599. The molecule has 6 heteroatoms. The third kappa shape index (κ3) is 2.86. The van der Waals surface area contributed by atoms with Crippen LogP contribution in [0.2, 0.25) is 10.0 Å². The van der Waals surface area contributed by atoms with Crippen molar-refractivity contribution in [3.05, 3.63) is 28.2 Å². The zero-order chi connectivity index (χ0) is 16.1. The number of hydrogen-bond acceptors (Lipinski definition) is 3. The SMILES string of the molecule is CC(C)(C)OC(=O)N1CC2(C1)CN(c1cccc(Cl)c1Cl)C2. The standard InChI is InChI=1S/C16H20Cl2N2O2/c1-15(2,3)22-14(21)20-9-16(10-20)7-19(8-16)12-6-4-5-11(17)13(12)18/h4-6H,7-10H2,1-3H3. The van der Waals surface area contributed by atoms with Crippen molar-refractivity contribution in [2.75, 3.05) is 31.1 Å². The molecule has 2 fully saturated rings. The lowest BCUT2D eigenvalue weighted by molar-refractivity contribution is -0.0452. The van der Waals surface area contributed by atoms with Gasteiger partial charge in [0.2, 0.25) is 0 Å². The third-order valence-electron chi connectivity index (χ3n) is 4.03. The van der Waals surface area contributed by atoms with E-state index in [9.17, 15) is 4.79 Å². The van der Waals surface area contributed by atoms with Crippen LogP contribution in [0.1, 0.15) is 20.8 Å². The van der Waals surface area contributed by atoms with Crippen molar-refractivity contribution in [1.29, 1.82) is 0 Å². The maximum atomic E-state index is 12.0. The Morgan fingerprint density at radius 2 is 1.82 bits per heavy atom. The number of carbonyl (C=O) groups excluding carboxylic acids is 1. The van der Waals surface area contributed by atoms with Crippen LogP contribution >= 0.6 is 23.2 Å². The molecule has 0 unspecified atom stereocenters. The molecule has 2 saturated heterocycles. The second-order valence-corrected chi connectivity index (χ2v) is 8.05. The van der Waals surface area contributed by atoms with Gasteiger partial charge in [-0.05, 0) is 32.9 Å². The molecule has 0 radical (unpaired) electrons. The van der Waals surface area contributed by atoms with E-state index < -0.39 is 5.60 Å². The highest BCUT2D eigenvalue weighted by Gasteiger charge is 2.54. The molecule has 0 atom stereocenters. The molecule has 2 aliphatic heterocycles. The number of likely N-dealkylation sites (tertiary alicyclic amines) is 1. The van der Waals surface area contributed by atoms with Gasteiger partial charge >= 0.3 is 6.09 Å². The number of anilines is 1. The van der Waals surface area contributed by atoms with Gasteiger partial charge in [0.1, 0.15) is 5.60 Å². The lowest BCUT2D eigenvalue weighted by Gasteiger charge is -2.60. The number of carbonyl (C=O) groups is 1. The quantitative estimate of drug-likeness (QED) is 0.771. The molecule has 1 spiro atoms. The number of nitrogens with zero attached hydrogens (tertiary/aromatic N) is 2. The summed E-state index contributed by atoms with van der Waals surface area (Å²) in [6.07, 6.45) is -0.225. The monoisotopic (exact) mass is 342 g/mol. The van der Waals surface area contributed by atoms with Crippen LogP contribution in [0, 0.1) is 5.41 Å². The van der Waals surface area contributed by atoms with Gasteiger partial charge in [0.25, 0.3) is 0 Å². The van der Waals surface area contributed by atoms with Crippen molar-refractivity contribution in [2.45, 2.75) is 26.4 Å². The van der Waals surface area contributed by atoms with Gasteiger partial charge in [0, 0.05) is 31.6 Å². The summed E-state index contributed by atoms with van der Waals surface area (Å²) < 4.78 is 5.38. The van der Waals surface area contributed by atoms with E-state index in [1.165, 1.54) is 0 Å². The first-order valence-corrected chi connectivity index (χ1v) is 8.12. The Morgan fingerprint density at radius 1 is 1.18 bits per heavy atom. The van der Waals surface area contributed by atoms with Crippen LogP contribution in [0.4, 0.5) is 10.5 Å². The van der Waals surface area contributed by atoms with Crippen molar-refractivity contribution >= 4 is 35.0 Å². The molecule has 0 saturated carbocycles. The molecule has 22 heavy (non-hydrogen) atoms. The van der Waals surface area contributed by atoms with Gasteiger partial charge in [0.05, 0.1) is 15.7 Å². The predicted molar refractivity (Wildman–Crippen MR) is 88.9 cm³/mol. The van der Waals surface area contributed by atoms with Crippen LogP contribution in [-0.4, -0.2) is 42.8 Å². The van der Waals surface area contributed by atoms with Gasteiger partial charge in [0.15, 0.2) is 0 Å². The zero-order valence-corrected chi connectivity index (χ0v) is 14.5. The Balaban J connectivity index is 1.55. The Hall–Kier alpha value is -1.13. The summed E-state index contributed by atoms with van der Waals surface area (Å²) in [5, 5.41) is 1.17. The maximum absolute atomic E-state index is 12.0. The smallest absolute Gasteiger partial charge is 0.410 e. The molecule has 2 heterocycles. The van der Waals surface area contributed by atoms with Crippen molar-refractivity contribution < 1.29 is 9.53 Å². The van der Waals surface area contributed by atoms with E-state index >= 15 is 0 Å². The molecule has 4 nitrogen and oxygen atoms in total. The molecule has 1 aromatic carbocycles. The summed E-state index contributed by atoms with van der Waals surface area (Å²) in [5.41, 5.74) is 0.707. The minimum absolute atomic E-state index is 0.183. The molecule has 2 aliphatic rings. The highest BCUT2D eigenvalue weighted by Crippen LogP contribution is 2.45. The average Bonchev–Trinajstić information content (AvgIpc) is 2.28. The summed E-state index contributed by atoms with van der Waals surface area (Å²) in [7, 11) is 0. The molecule has 0 N–H and O–H groups in total. The fraction of sp³-hybridized carbons (Fsp3) is 0.562. The highest BCUT2D eigenvalue weighted by molar-refractivity contribution is 6.43. The third-order valence-corrected chi connectivity index (χ3v) is 4.84. The van der Waals surface area contributed by atoms with Crippen molar-refractivity contribution in [2.24, 2.45) is 5.41 Å². The largest absolute Gasteiger partial charge is 0.444 e. The normalized spacial score (nSPS) is 19.7. The first-order valence-electron chi connectivity index (χ1n) is 7.36. The fourth-order valence-corrected chi connectivity index (χ4v) is 3.50. The average molecular weight is 343 g/mol. The number of hydrogen-bond donors (Lipinski definition) is 0. The van der Waals surface area contributed by atoms with Crippen LogP contribution in [0.3, 0.4) is 0 Å². The summed E-state index contributed by atoms with van der Waals surface area (Å²) >= 11 is 12.3. The maximum Gasteiger partial charge on any atom is 0.410 e. The molecule has 120 valence electrons. The van der Waals surface area contributed by atoms with E-state index in [0.29, 0.717) is 10.0 Å². The second kappa shape index (κ2) is 5.20. The van der Waals surface area contributed by atoms with Gasteiger partial charge in [-0.25, -0.2) is 4.79 Å². The highest BCUT2D eigenvalue weighted by atomic mass is 35.5. The van der Waals surface area contributed by atoms with Crippen molar-refractivity contribution in [3.8, 4) is 0 Å². The number of benzene rings is 1. The van der Waals surface area contributed by atoms with Gasteiger partial charge in [-0.2, -0.15) is 0 Å². The molecule has 1 amide bonds. The van der Waals surface area contributed by atoms with Gasteiger partial charge in [-0.1, -0.05) is 29.3 Å². The number of halogens is 2. The van der Waals surface area contributed by atoms with E-state index in [2.05, 4.69) is 4.90 Å². The summed E-state index contributed by atoms with van der Waals surface area (Å²) in [4.78, 5) is 15.9. The van der Waals surface area contributed by atoms with Crippen molar-refractivity contribution in [1.82, 2.24) is 4.90 Å². The minimum atomic E-state index is -0.445. The molecular formula is C16H20Cl2N2O2. The molecule has 0 aromatic heterocycles. The van der Waals surface area contributed by atoms with Crippen LogP contribution in [0.15, 0.2) is 18.2 Å². The van der Waals surface area contributed by atoms with E-state index in [-0.39, 0.29) is 11.5 Å². The van der Waals surface area contributed by atoms with Crippen LogP contribution in [0.25, 0.3) is 0 Å². The Morgan fingerprint density at radius 3 is 2.41 bits per heavy atom. The zero-order valence-electron chi connectivity index (χ0n) is 13.0. The van der Waals surface area contributed by atoms with E-state index in [0.717, 1.165) is 31.9 Å². The lowest BCUT2D eigenvalue weighted by atomic mass is 9.73. The molecular weight excluding hydrogens is 323 g/mol. The number of amides is 1. The summed E-state index contributed by atoms with van der Waals surface area (Å²) in [6.45, 7) is 8.93. The van der Waals surface area contributed by atoms with E-state index in [1.54, 1.807) is 11.0 Å². The Labute approximate surface area is 140 Å². The number of ether oxygens (including phenoxy) is 1. The van der Waals surface area contributed by atoms with E-state index in [1.807, 2.05) is 32.9 Å². The van der Waals surface area contributed by atoms with Crippen LogP contribution in [-0.2, 0) is 4.74 Å². The molecule has 1 aromatic rings. The topological polar surface area (TPSA) is 32.8 Å². The van der Waals surface area contributed by atoms with Crippen LogP contribution in [0.5, 0.6) is 0 Å². The summed E-state index contributed by atoms with van der Waals surface area (Å²) in [5.74, 6) is 0. The van der Waals surface area contributed by atoms with Gasteiger partial charge in [-0.3, -0.25) is 0 Å². The molecule has 0 bridgehead atoms. The first-order chi connectivity index (χ1) is 10.2. The minimum Gasteiger partial charge on any atom is -0.444 e. The fourth-order valence-electron chi connectivity index (χ4n) is 3.09. The lowest BCUT2D eigenvalue weighted by Crippen LogP contribution is -2.73. The van der Waals surface area contributed by atoms with E-state index in [4.69, 9.17) is 27.9 Å². The molecule has 0 aliphatic carbocycles. The first kappa shape index (κ1) is 15.8. The second-order valence-electron chi connectivity index (χ2n) is 7.27. The van der Waals surface area contributed by atoms with Crippen LogP contribution < -0.4 is 4.90 Å². The van der Waals surface area contributed by atoms with Crippen molar-refractivity contribution in [3.63, 3.8) is 0 Å². The predicted octanol–water partition coefficient (Wildman–Crippen LogP) is 4.05.